The highest BCUT2D eigenvalue weighted by atomic mass is 35.5. The van der Waals surface area contributed by atoms with Crippen LogP contribution in [0.3, 0.4) is 0 Å². The van der Waals surface area contributed by atoms with Crippen LogP contribution in [0.1, 0.15) is 55.9 Å². The van der Waals surface area contributed by atoms with Crippen molar-refractivity contribution in [2.75, 3.05) is 19.6 Å². The predicted molar refractivity (Wildman–Crippen MR) is 122 cm³/mol. The molecular formula is C22H26Cl2N4O3. The fourth-order valence-electron chi connectivity index (χ4n) is 3.91. The molecule has 9 heteroatoms. The van der Waals surface area contributed by atoms with Crippen LogP contribution in [-0.4, -0.2) is 47.2 Å². The zero-order valence-corrected chi connectivity index (χ0v) is 18.6. The molecule has 31 heavy (non-hydrogen) atoms. The largest absolute Gasteiger partial charge is 0.352 e. The van der Waals surface area contributed by atoms with Gasteiger partial charge in [-0.3, -0.25) is 24.3 Å². The first-order valence-electron chi connectivity index (χ1n) is 10.0. The lowest BCUT2D eigenvalue weighted by Gasteiger charge is -2.22. The molecule has 166 valence electrons. The number of aromatic nitrogens is 1. The molecule has 0 saturated carbocycles. The van der Waals surface area contributed by atoms with Gasteiger partial charge in [-0.25, -0.2) is 0 Å². The van der Waals surface area contributed by atoms with E-state index in [1.54, 1.807) is 36.7 Å². The molecule has 1 fully saturated rings. The molecule has 2 aromatic rings. The second-order valence-electron chi connectivity index (χ2n) is 7.57. The molecule has 7 nitrogen and oxygen atoms in total. The fourth-order valence-corrected chi connectivity index (χ4v) is 3.91. The smallest absolute Gasteiger partial charge is 0.261 e. The number of rotatable bonds is 6. The minimum atomic E-state index is -0.371. The summed E-state index contributed by atoms with van der Waals surface area (Å²) in [6, 6.07) is 8.24. The number of piperidine rings is 1. The van der Waals surface area contributed by atoms with E-state index in [-0.39, 0.29) is 54.6 Å². The molecule has 1 unspecified atom stereocenters. The Morgan fingerprint density at radius 3 is 2.55 bits per heavy atom. The van der Waals surface area contributed by atoms with Crippen molar-refractivity contribution in [2.24, 2.45) is 5.92 Å². The fraction of sp³-hybridized carbons (Fsp3) is 0.364. The molecule has 0 aliphatic carbocycles. The van der Waals surface area contributed by atoms with Crippen molar-refractivity contribution in [3.63, 3.8) is 0 Å². The number of halogens is 2. The van der Waals surface area contributed by atoms with E-state index < -0.39 is 0 Å². The van der Waals surface area contributed by atoms with Crippen LogP contribution in [0.5, 0.6) is 0 Å². The first-order valence-corrected chi connectivity index (χ1v) is 10.0. The number of amides is 3. The Kier molecular flexibility index (Phi) is 8.98. The summed E-state index contributed by atoms with van der Waals surface area (Å²) in [5, 5.41) is 6.30. The lowest BCUT2D eigenvalue weighted by atomic mass is 9.96. The quantitative estimate of drug-likeness (QED) is 0.641. The third-order valence-corrected chi connectivity index (χ3v) is 5.56. The van der Waals surface area contributed by atoms with Crippen LogP contribution < -0.4 is 10.6 Å². The van der Waals surface area contributed by atoms with Gasteiger partial charge in [0.1, 0.15) is 0 Å². The van der Waals surface area contributed by atoms with Crippen molar-refractivity contribution in [3.05, 3.63) is 65.0 Å². The van der Waals surface area contributed by atoms with E-state index >= 15 is 0 Å². The van der Waals surface area contributed by atoms with Gasteiger partial charge in [0.25, 0.3) is 17.7 Å². The van der Waals surface area contributed by atoms with Gasteiger partial charge >= 0.3 is 0 Å². The van der Waals surface area contributed by atoms with Crippen LogP contribution in [0.15, 0.2) is 42.7 Å². The van der Waals surface area contributed by atoms with Gasteiger partial charge in [-0.2, -0.15) is 0 Å². The number of imide groups is 1. The Morgan fingerprint density at radius 2 is 1.84 bits per heavy atom. The van der Waals surface area contributed by atoms with Crippen molar-refractivity contribution < 1.29 is 14.4 Å². The van der Waals surface area contributed by atoms with Gasteiger partial charge in [-0.05, 0) is 74.2 Å². The zero-order chi connectivity index (χ0) is 20.2. The maximum atomic E-state index is 12.8. The molecule has 3 amide bonds. The van der Waals surface area contributed by atoms with Gasteiger partial charge < -0.3 is 10.6 Å². The van der Waals surface area contributed by atoms with Gasteiger partial charge in [0, 0.05) is 24.5 Å². The summed E-state index contributed by atoms with van der Waals surface area (Å²) in [5.41, 5.74) is 1.85. The summed E-state index contributed by atoms with van der Waals surface area (Å²) in [5.74, 6) is -0.335. The monoisotopic (exact) mass is 464 g/mol. The molecule has 1 aromatic carbocycles. The summed E-state index contributed by atoms with van der Waals surface area (Å²) < 4.78 is 0. The molecule has 1 saturated heterocycles. The standard InChI is InChI=1S/C22H24N4O3.2ClH/c27-20(25-11-7-15-2-1-8-24-13-15)17-3-4-18-19(12-17)22(29)26(21(18)28)14-16-5-9-23-10-6-16;;/h3-6,9-10,12,15,24H,1-2,7-8,11,13-14H2,(H,25,27);2*1H. The molecule has 2 aliphatic heterocycles. The molecule has 4 rings (SSSR count). The van der Waals surface area contributed by atoms with Crippen LogP contribution in [0.4, 0.5) is 0 Å². The summed E-state index contributed by atoms with van der Waals surface area (Å²) in [4.78, 5) is 43.0. The minimum absolute atomic E-state index is 0. The number of carbonyl (C=O) groups is 3. The van der Waals surface area contributed by atoms with Gasteiger partial charge in [0.15, 0.2) is 0 Å². The van der Waals surface area contributed by atoms with E-state index in [2.05, 4.69) is 15.6 Å². The van der Waals surface area contributed by atoms with E-state index in [4.69, 9.17) is 0 Å². The number of fused-ring (bicyclic) bond motifs is 1. The first kappa shape index (κ1) is 24.8. The Hall–Kier alpha value is -2.48. The maximum absolute atomic E-state index is 12.8. The number of hydrogen-bond acceptors (Lipinski definition) is 5. The zero-order valence-electron chi connectivity index (χ0n) is 17.0. The van der Waals surface area contributed by atoms with Crippen molar-refractivity contribution in [3.8, 4) is 0 Å². The third kappa shape index (κ3) is 5.61. The lowest BCUT2D eigenvalue weighted by Crippen LogP contribution is -2.33. The van der Waals surface area contributed by atoms with Gasteiger partial charge in [0.2, 0.25) is 0 Å². The van der Waals surface area contributed by atoms with Gasteiger partial charge in [-0.15, -0.1) is 24.8 Å². The normalized spacial score (nSPS) is 17.4. The number of nitrogens with zero attached hydrogens (tertiary/aromatic N) is 2. The van der Waals surface area contributed by atoms with Gasteiger partial charge in [-0.1, -0.05) is 0 Å². The van der Waals surface area contributed by atoms with Crippen molar-refractivity contribution in [1.82, 2.24) is 20.5 Å². The Morgan fingerprint density at radius 1 is 1.10 bits per heavy atom. The molecular weight excluding hydrogens is 439 g/mol. The van der Waals surface area contributed by atoms with Crippen LogP contribution in [0, 0.1) is 5.92 Å². The Bertz CT molecular complexity index is 934. The summed E-state index contributed by atoms with van der Waals surface area (Å²) in [6.45, 7) is 2.86. The summed E-state index contributed by atoms with van der Waals surface area (Å²) in [6.07, 6.45) is 6.54. The first-order chi connectivity index (χ1) is 14.1. The van der Waals surface area contributed by atoms with Crippen LogP contribution in [0.25, 0.3) is 0 Å². The average molecular weight is 465 g/mol. The van der Waals surface area contributed by atoms with Crippen molar-refractivity contribution in [1.29, 1.82) is 0 Å². The molecule has 2 aliphatic rings. The van der Waals surface area contributed by atoms with Crippen LogP contribution >= 0.6 is 24.8 Å². The van der Waals surface area contributed by atoms with Crippen LogP contribution in [-0.2, 0) is 6.54 Å². The van der Waals surface area contributed by atoms with E-state index in [0.29, 0.717) is 23.6 Å². The summed E-state index contributed by atoms with van der Waals surface area (Å²) >= 11 is 0. The van der Waals surface area contributed by atoms with Crippen molar-refractivity contribution in [2.45, 2.75) is 25.8 Å². The van der Waals surface area contributed by atoms with E-state index in [9.17, 15) is 14.4 Å². The average Bonchev–Trinajstić information content (AvgIpc) is 2.99. The Labute approximate surface area is 193 Å². The number of nitrogens with one attached hydrogen (secondary N) is 2. The molecule has 0 bridgehead atoms. The number of carbonyl (C=O) groups excluding carboxylic acids is 3. The maximum Gasteiger partial charge on any atom is 0.261 e. The molecule has 2 N–H and O–H groups in total. The topological polar surface area (TPSA) is 91.4 Å². The number of pyridine rings is 1. The highest BCUT2D eigenvalue weighted by Gasteiger charge is 2.36. The minimum Gasteiger partial charge on any atom is -0.352 e. The number of benzene rings is 1. The van der Waals surface area contributed by atoms with E-state index in [0.717, 1.165) is 25.1 Å². The molecule has 0 spiro atoms. The second-order valence-corrected chi connectivity index (χ2v) is 7.57. The molecule has 1 atom stereocenters. The highest BCUT2D eigenvalue weighted by molar-refractivity contribution is 6.22. The van der Waals surface area contributed by atoms with Gasteiger partial charge in [0.05, 0.1) is 17.7 Å². The SMILES string of the molecule is Cl.Cl.O=C(NCCC1CCCNC1)c1ccc2c(c1)C(=O)N(Cc1ccncc1)C2=O. The summed E-state index contributed by atoms with van der Waals surface area (Å²) in [7, 11) is 0. The molecule has 1 aromatic heterocycles. The van der Waals surface area contributed by atoms with Crippen molar-refractivity contribution >= 4 is 42.5 Å². The Balaban J connectivity index is 0.00000171. The highest BCUT2D eigenvalue weighted by Crippen LogP contribution is 2.25. The second kappa shape index (κ2) is 11.2. The van der Waals surface area contributed by atoms with E-state index in [1.165, 1.54) is 23.8 Å². The third-order valence-electron chi connectivity index (χ3n) is 5.56. The molecule has 3 heterocycles. The van der Waals surface area contributed by atoms with Crippen LogP contribution in [0.2, 0.25) is 0 Å². The van der Waals surface area contributed by atoms with E-state index in [1.807, 2.05) is 0 Å². The number of hydrogen-bond donors (Lipinski definition) is 2. The predicted octanol–water partition coefficient (Wildman–Crippen LogP) is 2.84. The lowest BCUT2D eigenvalue weighted by molar-refractivity contribution is 0.0642. The molecule has 0 radical (unpaired) electrons.